The van der Waals surface area contributed by atoms with E-state index >= 15 is 0 Å². The summed E-state index contributed by atoms with van der Waals surface area (Å²) in [5, 5.41) is 0.853. The zero-order valence-electron chi connectivity index (χ0n) is 19.2. The molecule has 9 heteroatoms. The maximum absolute atomic E-state index is 13.6. The van der Waals surface area contributed by atoms with E-state index in [1.54, 1.807) is 6.07 Å². The van der Waals surface area contributed by atoms with E-state index < -0.39 is 16.0 Å². The summed E-state index contributed by atoms with van der Waals surface area (Å²) in [5.74, 6) is -0.547. The first-order valence-electron chi connectivity index (χ1n) is 11.3. The number of aromatic nitrogens is 1. The highest BCUT2D eigenvalue weighted by molar-refractivity contribution is 7.89. The summed E-state index contributed by atoms with van der Waals surface area (Å²) >= 11 is 0. The van der Waals surface area contributed by atoms with Crippen molar-refractivity contribution >= 4 is 26.9 Å². The van der Waals surface area contributed by atoms with E-state index in [0.29, 0.717) is 17.7 Å². The molecule has 4 rings (SSSR count). The number of fused-ring (bicyclic) bond motifs is 1. The molecule has 180 valence electrons. The van der Waals surface area contributed by atoms with Gasteiger partial charge in [-0.2, -0.15) is 4.31 Å². The number of carbonyl (C=O) groups is 1. The fraction of sp³-hybridized carbons (Fsp3) is 0.360. The first-order chi connectivity index (χ1) is 16.3. The Labute approximate surface area is 198 Å². The minimum absolute atomic E-state index is 0.0311. The van der Waals surface area contributed by atoms with Gasteiger partial charge in [-0.15, -0.1) is 0 Å². The second-order valence-electron chi connectivity index (χ2n) is 8.35. The largest absolute Gasteiger partial charge is 0.465 e. The number of rotatable bonds is 8. The molecule has 1 saturated heterocycles. The molecule has 0 aliphatic carbocycles. The lowest BCUT2D eigenvalue weighted by Crippen LogP contribution is -2.38. The lowest BCUT2D eigenvalue weighted by atomic mass is 10.1. The summed E-state index contributed by atoms with van der Waals surface area (Å²) < 4.78 is 38.9. The van der Waals surface area contributed by atoms with E-state index in [9.17, 15) is 18.0 Å². The van der Waals surface area contributed by atoms with Crippen molar-refractivity contribution in [3.8, 4) is 0 Å². The Morgan fingerprint density at radius 2 is 1.94 bits per heavy atom. The van der Waals surface area contributed by atoms with Crippen LogP contribution < -0.4 is 5.56 Å². The smallest absolute Gasteiger partial charge is 0.337 e. The standard InChI is InChI=1S/C25H28N2O6S/c1-3-17-6-11-23-19(13-17)14-20(24(28)26-23)15-27(16-21-5-4-12-33-21)34(30,31)22-9-7-18(8-10-22)25(29)32-2/h6-11,13-14,21H,3-5,12,15-16H2,1-2H3,(H,26,28). The van der Waals surface area contributed by atoms with E-state index in [4.69, 9.17) is 4.74 Å². The van der Waals surface area contributed by atoms with Crippen LogP contribution in [-0.2, 0) is 32.5 Å². The molecular weight excluding hydrogens is 456 g/mol. The number of aryl methyl sites for hydroxylation is 1. The predicted octanol–water partition coefficient (Wildman–Crippen LogP) is 3.25. The number of benzene rings is 2. The third-order valence-corrected chi connectivity index (χ3v) is 7.91. The molecule has 0 radical (unpaired) electrons. The second-order valence-corrected chi connectivity index (χ2v) is 10.3. The number of esters is 1. The van der Waals surface area contributed by atoms with Crippen LogP contribution in [0.5, 0.6) is 0 Å². The van der Waals surface area contributed by atoms with E-state index in [1.807, 2.05) is 18.2 Å². The number of methoxy groups -OCH3 is 1. The van der Waals surface area contributed by atoms with Crippen molar-refractivity contribution in [2.24, 2.45) is 0 Å². The van der Waals surface area contributed by atoms with Crippen molar-refractivity contribution in [1.82, 2.24) is 9.29 Å². The summed E-state index contributed by atoms with van der Waals surface area (Å²) in [6.45, 7) is 2.67. The van der Waals surface area contributed by atoms with E-state index in [0.717, 1.165) is 30.2 Å². The van der Waals surface area contributed by atoms with Crippen LogP contribution in [0, 0.1) is 0 Å². The van der Waals surface area contributed by atoms with Crippen molar-refractivity contribution in [3.63, 3.8) is 0 Å². The molecule has 2 heterocycles. The number of ether oxygens (including phenoxy) is 2. The lowest BCUT2D eigenvalue weighted by Gasteiger charge is -2.25. The summed E-state index contributed by atoms with van der Waals surface area (Å²) in [6.07, 6.45) is 2.23. The molecule has 1 fully saturated rings. The molecule has 8 nitrogen and oxygen atoms in total. The van der Waals surface area contributed by atoms with E-state index in [2.05, 4.69) is 16.6 Å². The number of hydrogen-bond donors (Lipinski definition) is 1. The van der Waals surface area contributed by atoms with Gasteiger partial charge < -0.3 is 14.5 Å². The van der Waals surface area contributed by atoms with Crippen molar-refractivity contribution in [2.75, 3.05) is 20.3 Å². The maximum Gasteiger partial charge on any atom is 0.337 e. The summed E-state index contributed by atoms with van der Waals surface area (Å²) in [7, 11) is -2.71. The predicted molar refractivity (Wildman–Crippen MR) is 128 cm³/mol. The van der Waals surface area contributed by atoms with Crippen LogP contribution in [0.2, 0.25) is 0 Å². The molecule has 0 saturated carbocycles. The first kappa shape index (κ1) is 24.1. The highest BCUT2D eigenvalue weighted by Gasteiger charge is 2.30. The molecule has 0 spiro atoms. The lowest BCUT2D eigenvalue weighted by molar-refractivity contribution is 0.0600. The van der Waals surface area contributed by atoms with E-state index in [-0.39, 0.29) is 35.2 Å². The van der Waals surface area contributed by atoms with Gasteiger partial charge in [-0.05, 0) is 72.7 Å². The molecular formula is C25H28N2O6S. The topological polar surface area (TPSA) is 106 Å². The average Bonchev–Trinajstić information content (AvgIpc) is 3.36. The van der Waals surface area contributed by atoms with Crippen LogP contribution in [-0.4, -0.2) is 50.0 Å². The number of nitrogens with one attached hydrogen (secondary N) is 1. The molecule has 1 N–H and O–H groups in total. The quantitative estimate of drug-likeness (QED) is 0.492. The van der Waals surface area contributed by atoms with Crippen LogP contribution in [0.15, 0.2) is 58.2 Å². The number of pyridine rings is 1. The van der Waals surface area contributed by atoms with Gasteiger partial charge in [-0.25, -0.2) is 13.2 Å². The zero-order chi connectivity index (χ0) is 24.3. The minimum Gasteiger partial charge on any atom is -0.465 e. The van der Waals surface area contributed by atoms with Gasteiger partial charge in [0.25, 0.3) is 5.56 Å². The monoisotopic (exact) mass is 484 g/mol. The van der Waals surface area contributed by atoms with Crippen molar-refractivity contribution in [3.05, 3.63) is 75.6 Å². The number of sulfonamides is 1. The highest BCUT2D eigenvalue weighted by Crippen LogP contribution is 2.23. The molecule has 1 aromatic heterocycles. The van der Waals surface area contributed by atoms with Gasteiger partial charge in [0.1, 0.15) is 0 Å². The number of nitrogens with zero attached hydrogens (tertiary/aromatic N) is 1. The molecule has 2 aromatic carbocycles. The van der Waals surface area contributed by atoms with Gasteiger partial charge in [-0.1, -0.05) is 13.0 Å². The zero-order valence-corrected chi connectivity index (χ0v) is 20.1. The molecule has 0 amide bonds. The van der Waals surface area contributed by atoms with Crippen LogP contribution in [0.3, 0.4) is 0 Å². The molecule has 1 aliphatic heterocycles. The molecule has 1 aliphatic rings. The molecule has 3 aromatic rings. The Hall–Kier alpha value is -3.01. The SMILES string of the molecule is CCc1ccc2[nH]c(=O)c(CN(CC3CCCO3)S(=O)(=O)c3ccc(C(=O)OC)cc3)cc2c1. The normalized spacial score (nSPS) is 16.3. The van der Waals surface area contributed by atoms with Crippen LogP contribution in [0.25, 0.3) is 10.9 Å². The van der Waals surface area contributed by atoms with Crippen molar-refractivity contribution in [1.29, 1.82) is 0 Å². The Morgan fingerprint density at radius 1 is 1.18 bits per heavy atom. The average molecular weight is 485 g/mol. The van der Waals surface area contributed by atoms with Gasteiger partial charge in [0.2, 0.25) is 10.0 Å². The van der Waals surface area contributed by atoms with Gasteiger partial charge in [0.05, 0.1) is 23.7 Å². The summed E-state index contributed by atoms with van der Waals surface area (Å²) in [6, 6.07) is 13.2. The van der Waals surface area contributed by atoms with Gasteiger partial charge in [-0.3, -0.25) is 4.79 Å². The van der Waals surface area contributed by atoms with Gasteiger partial charge in [0.15, 0.2) is 0 Å². The van der Waals surface area contributed by atoms with Crippen LogP contribution in [0.1, 0.15) is 41.3 Å². The third kappa shape index (κ3) is 5.06. The fourth-order valence-corrected chi connectivity index (χ4v) is 5.57. The minimum atomic E-state index is -3.97. The Bertz CT molecular complexity index is 1340. The fourth-order valence-electron chi connectivity index (χ4n) is 4.12. The molecule has 34 heavy (non-hydrogen) atoms. The number of carbonyl (C=O) groups excluding carboxylic acids is 1. The first-order valence-corrected chi connectivity index (χ1v) is 12.7. The Kier molecular flexibility index (Phi) is 7.16. The summed E-state index contributed by atoms with van der Waals surface area (Å²) in [4.78, 5) is 27.4. The van der Waals surface area contributed by atoms with Crippen LogP contribution in [0.4, 0.5) is 0 Å². The van der Waals surface area contributed by atoms with Crippen LogP contribution >= 0.6 is 0 Å². The third-order valence-electron chi connectivity index (χ3n) is 6.08. The molecule has 1 atom stereocenters. The highest BCUT2D eigenvalue weighted by atomic mass is 32.2. The second kappa shape index (κ2) is 10.1. The molecule has 0 bridgehead atoms. The molecule has 1 unspecified atom stereocenters. The van der Waals surface area contributed by atoms with Gasteiger partial charge in [0, 0.05) is 30.8 Å². The number of hydrogen-bond acceptors (Lipinski definition) is 6. The van der Waals surface area contributed by atoms with Gasteiger partial charge >= 0.3 is 5.97 Å². The number of aromatic amines is 1. The summed E-state index contributed by atoms with van der Waals surface area (Å²) in [5.41, 5.74) is 2.11. The van der Waals surface area contributed by atoms with E-state index in [1.165, 1.54) is 35.7 Å². The Morgan fingerprint density at radius 3 is 2.59 bits per heavy atom. The maximum atomic E-state index is 13.6. The Balaban J connectivity index is 1.70. The number of H-pyrrole nitrogens is 1. The van der Waals surface area contributed by atoms with Crippen molar-refractivity contribution < 1.29 is 22.7 Å². The van der Waals surface area contributed by atoms with Crippen molar-refractivity contribution in [2.45, 2.75) is 43.7 Å².